The molecule has 5 heteroatoms. The number of likely N-dealkylation sites (N-methyl/N-ethyl adjacent to an activating group) is 1. The quantitative estimate of drug-likeness (QED) is 0.742. The monoisotopic (exact) mass is 210 g/mol. The number of thioether (sulfide) groups is 1. The molecule has 1 rings (SSSR count). The predicted octanol–water partition coefficient (Wildman–Crippen LogP) is 0.888. The van der Waals surface area contributed by atoms with Crippen molar-refractivity contribution in [3.05, 3.63) is 0 Å². The Bertz CT molecular complexity index is 140. The van der Waals surface area contributed by atoms with Crippen molar-refractivity contribution in [3.63, 3.8) is 0 Å². The summed E-state index contributed by atoms with van der Waals surface area (Å²) in [6, 6.07) is 0.377. The lowest BCUT2D eigenvalue weighted by molar-refractivity contribution is 0.0970. The third-order valence-corrected chi connectivity index (χ3v) is 3.11. The van der Waals surface area contributed by atoms with Crippen LogP contribution in [0.5, 0.6) is 0 Å². The summed E-state index contributed by atoms with van der Waals surface area (Å²) in [5.74, 6) is 2.17. The van der Waals surface area contributed by atoms with Gasteiger partial charge in [-0.05, 0) is 7.05 Å². The fourth-order valence-electron chi connectivity index (χ4n) is 1.42. The fraction of sp³-hybridized carbons (Fsp3) is 1.00. The molecule has 1 heterocycles. The van der Waals surface area contributed by atoms with Crippen molar-refractivity contribution < 1.29 is 8.78 Å². The fourth-order valence-corrected chi connectivity index (χ4v) is 2.36. The summed E-state index contributed by atoms with van der Waals surface area (Å²) in [7, 11) is 1.74. The van der Waals surface area contributed by atoms with Gasteiger partial charge < -0.3 is 5.32 Å². The van der Waals surface area contributed by atoms with Crippen molar-refractivity contribution in [2.75, 3.05) is 38.2 Å². The molecule has 0 radical (unpaired) electrons. The van der Waals surface area contributed by atoms with E-state index in [0.717, 1.165) is 24.6 Å². The molecule has 0 bridgehead atoms. The Morgan fingerprint density at radius 3 is 2.92 bits per heavy atom. The average Bonchev–Trinajstić information content (AvgIpc) is 2.04. The summed E-state index contributed by atoms with van der Waals surface area (Å²) in [5.41, 5.74) is 0. The number of hydrogen-bond acceptors (Lipinski definition) is 3. The topological polar surface area (TPSA) is 15.3 Å². The molecule has 78 valence electrons. The third kappa shape index (κ3) is 4.78. The minimum Gasteiger partial charge on any atom is -0.311 e. The summed E-state index contributed by atoms with van der Waals surface area (Å²) in [5, 5.41) is 3.32. The number of alkyl halides is 2. The minimum atomic E-state index is -2.22. The molecule has 0 aliphatic carbocycles. The molecule has 0 aromatic carbocycles. The van der Waals surface area contributed by atoms with Crippen LogP contribution in [0.3, 0.4) is 0 Å². The van der Waals surface area contributed by atoms with Crippen LogP contribution in [0, 0.1) is 0 Å². The average molecular weight is 210 g/mol. The number of nitrogens with zero attached hydrogens (tertiary/aromatic N) is 1. The van der Waals surface area contributed by atoms with Crippen molar-refractivity contribution in [2.24, 2.45) is 0 Å². The Balaban J connectivity index is 2.14. The molecule has 1 unspecified atom stereocenters. The highest BCUT2D eigenvalue weighted by atomic mass is 32.2. The van der Waals surface area contributed by atoms with Gasteiger partial charge in [-0.25, -0.2) is 8.78 Å². The van der Waals surface area contributed by atoms with E-state index in [1.807, 2.05) is 11.8 Å². The number of hydrogen-bond donors (Lipinski definition) is 1. The normalized spacial score (nSPS) is 24.2. The molecule has 1 atom stereocenters. The maximum absolute atomic E-state index is 12.0. The Kier molecular flexibility index (Phi) is 4.98. The SMILES string of the molecule is CN(CC(F)F)CC1CSCCN1. The predicted molar refractivity (Wildman–Crippen MR) is 52.6 cm³/mol. The highest BCUT2D eigenvalue weighted by Crippen LogP contribution is 2.08. The molecule has 1 aliphatic heterocycles. The molecule has 0 saturated carbocycles. The van der Waals surface area contributed by atoms with E-state index in [1.54, 1.807) is 11.9 Å². The zero-order chi connectivity index (χ0) is 9.68. The van der Waals surface area contributed by atoms with Crippen LogP contribution in [0.25, 0.3) is 0 Å². The van der Waals surface area contributed by atoms with Gasteiger partial charge in [0.25, 0.3) is 6.43 Å². The summed E-state index contributed by atoms with van der Waals surface area (Å²) in [6.07, 6.45) is -2.22. The van der Waals surface area contributed by atoms with Crippen LogP contribution in [0.2, 0.25) is 0 Å². The van der Waals surface area contributed by atoms with Gasteiger partial charge >= 0.3 is 0 Å². The van der Waals surface area contributed by atoms with Crippen LogP contribution in [0.1, 0.15) is 0 Å². The minimum absolute atomic E-state index is 0.122. The number of halogens is 2. The summed E-state index contributed by atoms with van der Waals surface area (Å²) in [4.78, 5) is 1.69. The summed E-state index contributed by atoms with van der Waals surface area (Å²) >= 11 is 1.89. The van der Waals surface area contributed by atoms with Crippen LogP contribution in [0.4, 0.5) is 8.78 Å². The Morgan fingerprint density at radius 1 is 1.62 bits per heavy atom. The highest BCUT2D eigenvalue weighted by Gasteiger charge is 2.16. The molecule has 13 heavy (non-hydrogen) atoms. The van der Waals surface area contributed by atoms with E-state index in [1.165, 1.54) is 0 Å². The van der Waals surface area contributed by atoms with Gasteiger partial charge in [-0.15, -0.1) is 0 Å². The van der Waals surface area contributed by atoms with Gasteiger partial charge in [0.05, 0.1) is 6.54 Å². The van der Waals surface area contributed by atoms with E-state index in [9.17, 15) is 8.78 Å². The molecule has 0 amide bonds. The van der Waals surface area contributed by atoms with Gasteiger partial charge in [-0.2, -0.15) is 11.8 Å². The molecule has 1 aliphatic rings. The zero-order valence-electron chi connectivity index (χ0n) is 7.80. The Labute approximate surface area is 82.1 Å². The first-order chi connectivity index (χ1) is 6.18. The number of nitrogens with one attached hydrogen (secondary N) is 1. The van der Waals surface area contributed by atoms with Crippen LogP contribution < -0.4 is 5.32 Å². The zero-order valence-corrected chi connectivity index (χ0v) is 8.62. The summed E-state index contributed by atoms with van der Waals surface area (Å²) in [6.45, 7) is 1.60. The van der Waals surface area contributed by atoms with Crippen molar-refractivity contribution in [3.8, 4) is 0 Å². The van der Waals surface area contributed by atoms with Gasteiger partial charge in [0.1, 0.15) is 0 Å². The van der Waals surface area contributed by atoms with Gasteiger partial charge in [-0.3, -0.25) is 4.90 Å². The Hall–Kier alpha value is 0.130. The van der Waals surface area contributed by atoms with E-state index in [4.69, 9.17) is 0 Å². The van der Waals surface area contributed by atoms with E-state index in [2.05, 4.69) is 5.32 Å². The standard InChI is InChI=1S/C8H16F2N2S/c1-12(5-8(9)10)4-7-6-13-3-2-11-7/h7-8,11H,2-6H2,1H3. The van der Waals surface area contributed by atoms with E-state index >= 15 is 0 Å². The molecule has 0 aromatic rings. The molecule has 2 nitrogen and oxygen atoms in total. The van der Waals surface area contributed by atoms with Crippen LogP contribution >= 0.6 is 11.8 Å². The van der Waals surface area contributed by atoms with Crippen molar-refractivity contribution in [1.29, 1.82) is 0 Å². The van der Waals surface area contributed by atoms with Gasteiger partial charge in [0.15, 0.2) is 0 Å². The third-order valence-electron chi connectivity index (χ3n) is 1.98. The largest absolute Gasteiger partial charge is 0.311 e. The Morgan fingerprint density at radius 2 is 2.38 bits per heavy atom. The van der Waals surface area contributed by atoms with Gasteiger partial charge in [0, 0.05) is 30.6 Å². The molecular weight excluding hydrogens is 194 g/mol. The second-order valence-corrected chi connectivity index (χ2v) is 4.49. The van der Waals surface area contributed by atoms with E-state index in [-0.39, 0.29) is 6.54 Å². The molecule has 0 spiro atoms. The lowest BCUT2D eigenvalue weighted by atomic mass is 10.3. The molecule has 1 fully saturated rings. The highest BCUT2D eigenvalue weighted by molar-refractivity contribution is 7.99. The molecule has 0 aromatic heterocycles. The van der Waals surface area contributed by atoms with Gasteiger partial charge in [0.2, 0.25) is 0 Å². The molecular formula is C8H16F2N2S. The second kappa shape index (κ2) is 5.78. The van der Waals surface area contributed by atoms with Crippen LogP contribution in [-0.4, -0.2) is 55.6 Å². The second-order valence-electron chi connectivity index (χ2n) is 3.34. The number of rotatable bonds is 4. The van der Waals surface area contributed by atoms with Crippen molar-refractivity contribution in [1.82, 2.24) is 10.2 Å². The first kappa shape index (κ1) is 11.2. The first-order valence-corrected chi connectivity index (χ1v) is 5.62. The van der Waals surface area contributed by atoms with Crippen LogP contribution in [0.15, 0.2) is 0 Å². The maximum atomic E-state index is 12.0. The maximum Gasteiger partial charge on any atom is 0.251 e. The van der Waals surface area contributed by atoms with Crippen LogP contribution in [-0.2, 0) is 0 Å². The first-order valence-electron chi connectivity index (χ1n) is 4.46. The van der Waals surface area contributed by atoms with E-state index in [0.29, 0.717) is 6.04 Å². The lowest BCUT2D eigenvalue weighted by Crippen LogP contribution is -2.45. The van der Waals surface area contributed by atoms with Crippen molar-refractivity contribution >= 4 is 11.8 Å². The lowest BCUT2D eigenvalue weighted by Gasteiger charge is -2.27. The van der Waals surface area contributed by atoms with E-state index < -0.39 is 6.43 Å². The molecule has 1 saturated heterocycles. The molecule has 1 N–H and O–H groups in total. The van der Waals surface area contributed by atoms with Crippen molar-refractivity contribution in [2.45, 2.75) is 12.5 Å². The van der Waals surface area contributed by atoms with Gasteiger partial charge in [-0.1, -0.05) is 0 Å². The smallest absolute Gasteiger partial charge is 0.251 e. The summed E-state index contributed by atoms with van der Waals surface area (Å²) < 4.78 is 23.9.